The summed E-state index contributed by atoms with van der Waals surface area (Å²) in [4.78, 5) is 23.4. The monoisotopic (exact) mass is 1160 g/mol. The molecular weight excluding hydrogens is 1030 g/mol. The Balaban J connectivity index is 4.03. The summed E-state index contributed by atoms with van der Waals surface area (Å²) in [7, 11) is 1.61. The number of nitrogens with one attached hydrogen (secondary N) is 1. The van der Waals surface area contributed by atoms with Gasteiger partial charge in [0.05, 0.1) is 39.9 Å². The predicted molar refractivity (Wildman–Crippen MR) is 359 cm³/mol. The molecule has 0 heterocycles. The zero-order chi connectivity index (χ0) is 59.8. The number of hydrogen-bond acceptors (Lipinski definition) is 5. The second-order valence-corrected chi connectivity index (χ2v) is 25.6. The van der Waals surface area contributed by atoms with Crippen molar-refractivity contribution in [2.24, 2.45) is 0 Å². The number of hydrogen-bond donors (Lipinski definition) is 3. The molecule has 0 aliphatic rings. The number of carbonyl (C=O) groups excluding carboxylic acids is 1. The van der Waals surface area contributed by atoms with Gasteiger partial charge in [-0.1, -0.05) is 316 Å². The SMILES string of the molecule is CC/C=C\C/C=C\C/C=C\C/C=C\C/C=C\C/C=C\C/C=C\C/C=C\C/C=C\CCCCCCCCCCCCCCCC(=O)NC(COP(=O)(O)OCC[N+](C)(C)C)C(O)CCCCCCCCCCCCCCCCCCCCC. The molecule has 82 heavy (non-hydrogen) atoms. The summed E-state index contributed by atoms with van der Waals surface area (Å²) in [6, 6.07) is -0.768. The summed E-state index contributed by atoms with van der Waals surface area (Å²) in [5.74, 6) is -0.146. The van der Waals surface area contributed by atoms with Crippen LogP contribution in [-0.2, 0) is 18.4 Å². The normalized spacial score (nSPS) is 14.4. The van der Waals surface area contributed by atoms with E-state index in [0.29, 0.717) is 23.9 Å². The second kappa shape index (κ2) is 62.7. The molecule has 0 radical (unpaired) electrons. The van der Waals surface area contributed by atoms with Crippen LogP contribution in [0.5, 0.6) is 0 Å². The number of rotatable bonds is 62. The van der Waals surface area contributed by atoms with E-state index in [0.717, 1.165) is 96.3 Å². The summed E-state index contributed by atoms with van der Waals surface area (Å²) in [5.41, 5.74) is 0. The van der Waals surface area contributed by atoms with Gasteiger partial charge in [0.15, 0.2) is 0 Å². The molecule has 0 bridgehead atoms. The standard InChI is InChI=1S/C73H131N2O6P/c1-6-8-10-12-14-16-18-20-22-24-26-27-28-29-30-31-32-33-34-35-36-37-38-39-40-41-42-43-44-45-46-47-49-51-53-55-57-59-61-63-65-67-73(77)74-71(70-81-82(78,79)80-69-68-75(3,4)5)72(76)66-64-62-60-58-56-54-52-50-48-25-23-21-19-17-15-13-11-9-7-2/h8,10,14,16,20,22,26-27,29-30,32-33,35-36,38-39,41-42,71-72,76H,6-7,9,11-13,15,17-19,21,23-25,28,31,34,37,40,43-70H2,1-5H3,(H-,74,77,78,79)/p+1/b10-8-,16-14-,22-20-,27-26-,30-29-,33-32-,36-35-,39-38-,42-41-. The third-order valence-electron chi connectivity index (χ3n) is 15.0. The fourth-order valence-corrected chi connectivity index (χ4v) is 10.5. The van der Waals surface area contributed by atoms with Crippen LogP contribution >= 0.6 is 7.82 Å². The molecule has 0 rings (SSSR count). The molecular formula is C73H132N2O6P+. The Labute approximate surface area is 508 Å². The van der Waals surface area contributed by atoms with Crippen LogP contribution in [0.15, 0.2) is 109 Å². The first-order chi connectivity index (χ1) is 40.0. The average molecular weight is 1160 g/mol. The van der Waals surface area contributed by atoms with Crippen molar-refractivity contribution in [1.82, 2.24) is 5.32 Å². The Bertz CT molecular complexity index is 1700. The van der Waals surface area contributed by atoms with Crippen molar-refractivity contribution in [2.75, 3.05) is 40.9 Å². The van der Waals surface area contributed by atoms with Gasteiger partial charge in [0, 0.05) is 6.42 Å². The van der Waals surface area contributed by atoms with Crippen LogP contribution in [0.1, 0.15) is 296 Å². The highest BCUT2D eigenvalue weighted by Crippen LogP contribution is 2.43. The lowest BCUT2D eigenvalue weighted by molar-refractivity contribution is -0.870. The van der Waals surface area contributed by atoms with Crippen LogP contribution in [-0.4, -0.2) is 73.4 Å². The molecule has 0 aromatic heterocycles. The highest BCUT2D eigenvalue weighted by Gasteiger charge is 2.28. The molecule has 3 N–H and O–H groups in total. The van der Waals surface area contributed by atoms with E-state index in [1.54, 1.807) is 0 Å². The number of likely N-dealkylation sites (N-methyl/N-ethyl adjacent to an activating group) is 1. The van der Waals surface area contributed by atoms with Gasteiger partial charge >= 0.3 is 7.82 Å². The molecule has 8 nitrogen and oxygen atoms in total. The zero-order valence-electron chi connectivity index (χ0n) is 54.2. The van der Waals surface area contributed by atoms with E-state index < -0.39 is 20.0 Å². The summed E-state index contributed by atoms with van der Waals surface area (Å²) in [6.45, 7) is 4.79. The Kier molecular flexibility index (Phi) is 60.5. The summed E-state index contributed by atoms with van der Waals surface area (Å²) in [5, 5.41) is 14.1. The maximum absolute atomic E-state index is 13.1. The Morgan fingerprint density at radius 2 is 0.732 bits per heavy atom. The topological polar surface area (TPSA) is 105 Å². The third-order valence-corrected chi connectivity index (χ3v) is 16.0. The van der Waals surface area contributed by atoms with E-state index in [1.165, 1.54) is 173 Å². The largest absolute Gasteiger partial charge is 0.472 e. The fourth-order valence-electron chi connectivity index (χ4n) is 9.75. The molecule has 3 atom stereocenters. The van der Waals surface area contributed by atoms with Crippen LogP contribution in [0.4, 0.5) is 0 Å². The van der Waals surface area contributed by atoms with Gasteiger partial charge in [0.2, 0.25) is 5.91 Å². The number of allylic oxidation sites excluding steroid dienone is 18. The third kappa shape index (κ3) is 64.7. The van der Waals surface area contributed by atoms with Crippen LogP contribution < -0.4 is 5.32 Å². The van der Waals surface area contributed by atoms with Gasteiger partial charge in [-0.15, -0.1) is 0 Å². The van der Waals surface area contributed by atoms with E-state index in [-0.39, 0.29) is 19.1 Å². The van der Waals surface area contributed by atoms with Gasteiger partial charge in [-0.3, -0.25) is 13.8 Å². The molecule has 474 valence electrons. The van der Waals surface area contributed by atoms with Crippen LogP contribution in [0.25, 0.3) is 0 Å². The Morgan fingerprint density at radius 3 is 1.07 bits per heavy atom. The van der Waals surface area contributed by atoms with Crippen molar-refractivity contribution >= 4 is 13.7 Å². The van der Waals surface area contributed by atoms with Crippen molar-refractivity contribution in [3.8, 4) is 0 Å². The maximum atomic E-state index is 13.1. The Hall–Kier alpha value is -2.84. The van der Waals surface area contributed by atoms with E-state index in [9.17, 15) is 19.4 Å². The van der Waals surface area contributed by atoms with E-state index in [4.69, 9.17) is 9.05 Å². The first-order valence-corrected chi connectivity index (χ1v) is 35.7. The fraction of sp³-hybridized carbons (Fsp3) is 0.740. The number of aliphatic hydroxyl groups excluding tert-OH is 1. The Morgan fingerprint density at radius 1 is 0.427 bits per heavy atom. The molecule has 0 saturated heterocycles. The molecule has 0 aliphatic heterocycles. The number of unbranched alkanes of at least 4 members (excludes halogenated alkanes) is 31. The molecule has 0 aliphatic carbocycles. The lowest BCUT2D eigenvalue weighted by atomic mass is 10.0. The van der Waals surface area contributed by atoms with Gasteiger partial charge in [-0.05, 0) is 83.5 Å². The number of carbonyl (C=O) groups is 1. The number of aliphatic hydroxyl groups is 1. The number of nitrogens with zero attached hydrogens (tertiary/aromatic N) is 1. The molecule has 0 aromatic rings. The number of phosphoric ester groups is 1. The van der Waals surface area contributed by atoms with E-state index in [1.807, 2.05) is 21.1 Å². The van der Waals surface area contributed by atoms with Gasteiger partial charge in [-0.25, -0.2) is 4.57 Å². The zero-order valence-corrected chi connectivity index (χ0v) is 55.1. The lowest BCUT2D eigenvalue weighted by Gasteiger charge is -2.26. The van der Waals surface area contributed by atoms with Gasteiger partial charge in [0.1, 0.15) is 13.2 Å². The van der Waals surface area contributed by atoms with Gasteiger partial charge < -0.3 is 19.8 Å². The highest BCUT2D eigenvalue weighted by atomic mass is 31.2. The predicted octanol–water partition coefficient (Wildman–Crippen LogP) is 21.9. The molecule has 3 unspecified atom stereocenters. The number of phosphoric acid groups is 1. The van der Waals surface area contributed by atoms with E-state index >= 15 is 0 Å². The lowest BCUT2D eigenvalue weighted by Crippen LogP contribution is -2.46. The molecule has 0 fully saturated rings. The molecule has 0 aromatic carbocycles. The number of quaternary nitrogens is 1. The first-order valence-electron chi connectivity index (χ1n) is 34.3. The van der Waals surface area contributed by atoms with Crippen molar-refractivity contribution in [1.29, 1.82) is 0 Å². The highest BCUT2D eigenvalue weighted by molar-refractivity contribution is 7.47. The molecule has 1 amide bonds. The summed E-state index contributed by atoms with van der Waals surface area (Å²) < 4.78 is 23.9. The molecule has 0 spiro atoms. The number of amides is 1. The maximum Gasteiger partial charge on any atom is 0.472 e. The average Bonchev–Trinajstić information content (AvgIpc) is 3.47. The summed E-state index contributed by atoms with van der Waals surface area (Å²) >= 11 is 0. The van der Waals surface area contributed by atoms with Gasteiger partial charge in [-0.2, -0.15) is 0 Å². The van der Waals surface area contributed by atoms with Crippen molar-refractivity contribution in [3.63, 3.8) is 0 Å². The molecule has 9 heteroatoms. The van der Waals surface area contributed by atoms with E-state index in [2.05, 4.69) is 129 Å². The minimum atomic E-state index is -4.33. The van der Waals surface area contributed by atoms with Gasteiger partial charge in [0.25, 0.3) is 0 Å². The quantitative estimate of drug-likeness (QED) is 0.0243. The molecule has 0 saturated carbocycles. The summed E-state index contributed by atoms with van der Waals surface area (Å²) in [6.07, 6.45) is 91.7. The van der Waals surface area contributed by atoms with Crippen molar-refractivity contribution in [3.05, 3.63) is 109 Å². The van der Waals surface area contributed by atoms with Crippen molar-refractivity contribution in [2.45, 2.75) is 309 Å². The van der Waals surface area contributed by atoms with Crippen molar-refractivity contribution < 1.29 is 32.9 Å². The van der Waals surface area contributed by atoms with Crippen LogP contribution in [0.2, 0.25) is 0 Å². The minimum absolute atomic E-state index is 0.0716. The minimum Gasteiger partial charge on any atom is -0.391 e. The van der Waals surface area contributed by atoms with Crippen LogP contribution in [0, 0.1) is 0 Å². The first kappa shape index (κ1) is 79.2. The van der Waals surface area contributed by atoms with Crippen LogP contribution in [0.3, 0.4) is 0 Å². The second-order valence-electron chi connectivity index (χ2n) is 24.2. The smallest absolute Gasteiger partial charge is 0.391 e.